The predicted octanol–water partition coefficient (Wildman–Crippen LogP) is 3.35. The summed E-state index contributed by atoms with van der Waals surface area (Å²) in [5.41, 5.74) is 2.48. The molecule has 5 heteroatoms. The normalized spacial score (nSPS) is 18.4. The molecule has 1 saturated heterocycles. The molecule has 3 nitrogen and oxygen atoms in total. The molecule has 1 fully saturated rings. The van der Waals surface area contributed by atoms with Crippen molar-refractivity contribution in [1.82, 2.24) is 14.7 Å². The Morgan fingerprint density at radius 3 is 2.50 bits per heavy atom. The summed E-state index contributed by atoms with van der Waals surface area (Å²) in [6, 6.07) is 0. The van der Waals surface area contributed by atoms with Crippen LogP contribution in [-0.2, 0) is 20.0 Å². The lowest BCUT2D eigenvalue weighted by molar-refractivity contribution is 0.183. The maximum Gasteiger partial charge on any atom is 0.0767 e. The zero-order valence-electron chi connectivity index (χ0n) is 11.1. The molecule has 1 aliphatic rings. The van der Waals surface area contributed by atoms with Gasteiger partial charge in [-0.3, -0.25) is 9.58 Å². The summed E-state index contributed by atoms with van der Waals surface area (Å²) in [4.78, 5) is 2.54. The zero-order chi connectivity index (χ0) is 13.1. The monoisotopic (exact) mass is 377 g/mol. The van der Waals surface area contributed by atoms with Gasteiger partial charge in [-0.1, -0.05) is 22.9 Å². The van der Waals surface area contributed by atoms with Crippen molar-refractivity contribution in [2.45, 2.75) is 32.7 Å². The maximum atomic E-state index is 4.56. The summed E-state index contributed by atoms with van der Waals surface area (Å²) in [5.74, 6) is 0.863. The number of halogens is 2. The Kier molecular flexibility index (Phi) is 5.27. The molecule has 2 rings (SSSR count). The van der Waals surface area contributed by atoms with Crippen LogP contribution in [0.5, 0.6) is 0 Å². The van der Waals surface area contributed by atoms with Crippen molar-refractivity contribution in [1.29, 1.82) is 0 Å². The smallest absolute Gasteiger partial charge is 0.0767 e. The number of nitrogens with zero attached hydrogens (tertiary/aromatic N) is 3. The summed E-state index contributed by atoms with van der Waals surface area (Å²) in [5, 5.41) is 5.71. The van der Waals surface area contributed by atoms with E-state index in [2.05, 4.69) is 48.8 Å². The van der Waals surface area contributed by atoms with E-state index in [1.165, 1.54) is 41.8 Å². The van der Waals surface area contributed by atoms with E-state index >= 15 is 0 Å². The third kappa shape index (κ3) is 3.17. The molecule has 2 heterocycles. The molecule has 1 aliphatic heterocycles. The van der Waals surface area contributed by atoms with E-state index in [1.807, 2.05) is 11.7 Å². The van der Waals surface area contributed by atoms with E-state index in [1.54, 1.807) is 0 Å². The van der Waals surface area contributed by atoms with Gasteiger partial charge in [0.15, 0.2) is 0 Å². The Labute approximate surface area is 126 Å². The van der Waals surface area contributed by atoms with Crippen molar-refractivity contribution in [3.63, 3.8) is 0 Å². The van der Waals surface area contributed by atoms with E-state index < -0.39 is 0 Å². The summed E-state index contributed by atoms with van der Waals surface area (Å²) < 4.78 is 3.23. The molecular weight excluding hydrogens is 358 g/mol. The largest absolute Gasteiger partial charge is 0.297 e. The first-order valence-corrected chi connectivity index (χ1v) is 8.55. The molecule has 0 amide bonds. The van der Waals surface area contributed by atoms with Crippen molar-refractivity contribution >= 4 is 31.9 Å². The van der Waals surface area contributed by atoms with Gasteiger partial charge < -0.3 is 0 Å². The molecule has 18 heavy (non-hydrogen) atoms. The number of alkyl halides is 1. The van der Waals surface area contributed by atoms with Gasteiger partial charge in [0.2, 0.25) is 0 Å². The molecule has 0 unspecified atom stereocenters. The van der Waals surface area contributed by atoms with Crippen LogP contribution in [0.15, 0.2) is 4.47 Å². The van der Waals surface area contributed by atoms with Crippen molar-refractivity contribution in [2.24, 2.45) is 13.0 Å². The highest BCUT2D eigenvalue weighted by molar-refractivity contribution is 9.10. The first kappa shape index (κ1) is 14.5. The molecule has 102 valence electrons. The number of aryl methyl sites for hydroxylation is 2. The van der Waals surface area contributed by atoms with Gasteiger partial charge in [-0.25, -0.2) is 0 Å². The van der Waals surface area contributed by atoms with Crippen LogP contribution in [0.2, 0.25) is 0 Å². The summed E-state index contributed by atoms with van der Waals surface area (Å²) in [6.07, 6.45) is 3.60. The van der Waals surface area contributed by atoms with Crippen molar-refractivity contribution in [3.8, 4) is 0 Å². The van der Waals surface area contributed by atoms with Crippen LogP contribution in [0.3, 0.4) is 0 Å². The third-order valence-corrected chi connectivity index (χ3v) is 5.63. The molecule has 0 N–H and O–H groups in total. The quantitative estimate of drug-likeness (QED) is 0.749. The van der Waals surface area contributed by atoms with Gasteiger partial charge in [0.1, 0.15) is 0 Å². The third-order valence-electron chi connectivity index (χ3n) is 3.80. The van der Waals surface area contributed by atoms with Crippen LogP contribution in [0, 0.1) is 5.92 Å². The van der Waals surface area contributed by atoms with E-state index in [0.29, 0.717) is 0 Å². The van der Waals surface area contributed by atoms with Gasteiger partial charge >= 0.3 is 0 Å². The Balaban J connectivity index is 2.00. The first-order chi connectivity index (χ1) is 8.65. The molecule has 0 aliphatic carbocycles. The number of aromatic nitrogens is 2. The number of likely N-dealkylation sites (tertiary alicyclic amines) is 1. The molecule has 0 spiro atoms. The fourth-order valence-corrected chi connectivity index (χ4v) is 3.89. The molecular formula is C13H21Br2N3. The summed E-state index contributed by atoms with van der Waals surface area (Å²) in [6.45, 7) is 5.57. The highest BCUT2D eigenvalue weighted by Crippen LogP contribution is 2.25. The van der Waals surface area contributed by atoms with Crippen LogP contribution in [-0.4, -0.2) is 33.1 Å². The van der Waals surface area contributed by atoms with Gasteiger partial charge in [-0.05, 0) is 54.2 Å². The molecule has 1 aromatic rings. The molecule has 0 aromatic carbocycles. The van der Waals surface area contributed by atoms with E-state index in [4.69, 9.17) is 0 Å². The number of rotatable bonds is 4. The lowest BCUT2D eigenvalue weighted by atomic mass is 9.99. The molecule has 0 bridgehead atoms. The molecule has 0 atom stereocenters. The zero-order valence-corrected chi connectivity index (χ0v) is 14.3. The second-order valence-electron chi connectivity index (χ2n) is 5.06. The SMILES string of the molecule is CCc1nn(C)c(CN2CCC(CBr)CC2)c1Br. The van der Waals surface area contributed by atoms with Crippen molar-refractivity contribution in [3.05, 3.63) is 15.9 Å². The lowest BCUT2D eigenvalue weighted by Crippen LogP contribution is -2.34. The topological polar surface area (TPSA) is 21.1 Å². The minimum Gasteiger partial charge on any atom is -0.297 e. The molecule has 1 aromatic heterocycles. The van der Waals surface area contributed by atoms with E-state index in [-0.39, 0.29) is 0 Å². The number of hydrogen-bond acceptors (Lipinski definition) is 2. The fourth-order valence-electron chi connectivity index (χ4n) is 2.50. The highest BCUT2D eigenvalue weighted by atomic mass is 79.9. The van der Waals surface area contributed by atoms with Gasteiger partial charge in [0.25, 0.3) is 0 Å². The Bertz CT molecular complexity index is 395. The minimum atomic E-state index is 0.863. The fraction of sp³-hybridized carbons (Fsp3) is 0.769. The van der Waals surface area contributed by atoms with Crippen LogP contribution in [0.25, 0.3) is 0 Å². The Morgan fingerprint density at radius 1 is 1.33 bits per heavy atom. The highest BCUT2D eigenvalue weighted by Gasteiger charge is 2.21. The van der Waals surface area contributed by atoms with Crippen molar-refractivity contribution in [2.75, 3.05) is 18.4 Å². The molecule has 0 radical (unpaired) electrons. The number of piperidine rings is 1. The van der Waals surface area contributed by atoms with E-state index in [0.717, 1.165) is 24.2 Å². The Morgan fingerprint density at radius 2 is 2.00 bits per heavy atom. The average Bonchev–Trinajstić information content (AvgIpc) is 2.67. The second kappa shape index (κ2) is 6.53. The standard InChI is InChI=1S/C13H21Br2N3/c1-3-11-13(15)12(17(2)16-11)9-18-6-4-10(8-14)5-7-18/h10H,3-9H2,1-2H3. The van der Waals surface area contributed by atoms with Gasteiger partial charge in [0, 0.05) is 18.9 Å². The number of hydrogen-bond donors (Lipinski definition) is 0. The van der Waals surface area contributed by atoms with Gasteiger partial charge in [-0.2, -0.15) is 5.10 Å². The minimum absolute atomic E-state index is 0.863. The van der Waals surface area contributed by atoms with Crippen LogP contribution < -0.4 is 0 Å². The van der Waals surface area contributed by atoms with Gasteiger partial charge in [-0.15, -0.1) is 0 Å². The van der Waals surface area contributed by atoms with Crippen LogP contribution >= 0.6 is 31.9 Å². The maximum absolute atomic E-state index is 4.56. The second-order valence-corrected chi connectivity index (χ2v) is 6.50. The predicted molar refractivity (Wildman–Crippen MR) is 82.1 cm³/mol. The lowest BCUT2D eigenvalue weighted by Gasteiger charge is -2.31. The molecule has 0 saturated carbocycles. The first-order valence-electron chi connectivity index (χ1n) is 6.64. The summed E-state index contributed by atoms with van der Waals surface area (Å²) >= 11 is 7.29. The van der Waals surface area contributed by atoms with Crippen LogP contribution in [0.1, 0.15) is 31.2 Å². The average molecular weight is 379 g/mol. The van der Waals surface area contributed by atoms with E-state index in [9.17, 15) is 0 Å². The Hall–Kier alpha value is 0.130. The van der Waals surface area contributed by atoms with Crippen LogP contribution in [0.4, 0.5) is 0 Å². The summed E-state index contributed by atoms with van der Waals surface area (Å²) in [7, 11) is 2.05. The van der Waals surface area contributed by atoms with Gasteiger partial charge in [0.05, 0.1) is 15.9 Å². The van der Waals surface area contributed by atoms with Crippen molar-refractivity contribution < 1.29 is 0 Å².